The Hall–Kier alpha value is -3.01. The second kappa shape index (κ2) is 9.27. The van der Waals surface area contributed by atoms with E-state index >= 15 is 0 Å². The first kappa shape index (κ1) is 18.4. The molecule has 0 saturated carbocycles. The van der Waals surface area contributed by atoms with Crippen molar-refractivity contribution in [3.63, 3.8) is 0 Å². The number of morpholine rings is 1. The average molecular weight is 374 g/mol. The average Bonchev–Trinajstić information content (AvgIpc) is 2.76. The highest BCUT2D eigenvalue weighted by atomic mass is 16.5. The van der Waals surface area contributed by atoms with Crippen molar-refractivity contribution in [1.29, 1.82) is 0 Å². The number of nitrogens with zero attached hydrogens (tertiary/aromatic N) is 4. The van der Waals surface area contributed by atoms with Gasteiger partial charge < -0.3 is 9.47 Å². The summed E-state index contributed by atoms with van der Waals surface area (Å²) in [5.41, 5.74) is 2.71. The molecule has 1 aromatic carbocycles. The normalized spacial score (nSPS) is 14.4. The predicted octanol–water partition coefficient (Wildman–Crippen LogP) is 2.53. The lowest BCUT2D eigenvalue weighted by atomic mass is 10.2. The highest BCUT2D eigenvalue weighted by Crippen LogP contribution is 2.17. The van der Waals surface area contributed by atoms with Gasteiger partial charge in [0.05, 0.1) is 19.8 Å². The fourth-order valence-corrected chi connectivity index (χ4v) is 2.99. The molecule has 142 valence electrons. The van der Waals surface area contributed by atoms with Gasteiger partial charge in [-0.25, -0.2) is 15.0 Å². The lowest BCUT2D eigenvalue weighted by Crippen LogP contribution is -2.37. The van der Waals surface area contributed by atoms with Crippen LogP contribution in [0.25, 0.3) is 11.2 Å². The van der Waals surface area contributed by atoms with Gasteiger partial charge in [-0.2, -0.15) is 0 Å². The molecule has 0 radical (unpaired) electrons. The van der Waals surface area contributed by atoms with Crippen LogP contribution in [0.3, 0.4) is 0 Å². The summed E-state index contributed by atoms with van der Waals surface area (Å²) in [6.07, 6.45) is 2.62. The van der Waals surface area contributed by atoms with Crippen LogP contribution in [0.15, 0.2) is 48.7 Å². The summed E-state index contributed by atoms with van der Waals surface area (Å²) in [6.45, 7) is 5.13. The van der Waals surface area contributed by atoms with Crippen molar-refractivity contribution in [3.05, 3.63) is 59.9 Å². The molecule has 0 bridgehead atoms. The maximum Gasteiger partial charge on any atom is 0.249 e. The molecule has 3 heterocycles. The first-order valence-corrected chi connectivity index (χ1v) is 9.51. The third-order valence-corrected chi connectivity index (χ3v) is 4.47. The topological polar surface area (TPSA) is 60.4 Å². The molecule has 4 rings (SSSR count). The third kappa shape index (κ3) is 4.83. The Morgan fingerprint density at radius 3 is 2.71 bits per heavy atom. The van der Waals surface area contributed by atoms with Crippen molar-refractivity contribution >= 4 is 11.2 Å². The van der Waals surface area contributed by atoms with Crippen LogP contribution in [-0.4, -0.2) is 59.3 Å². The Morgan fingerprint density at radius 2 is 1.86 bits per heavy atom. The first-order chi connectivity index (χ1) is 13.9. The smallest absolute Gasteiger partial charge is 0.249 e. The van der Waals surface area contributed by atoms with Crippen LogP contribution in [0.1, 0.15) is 17.7 Å². The van der Waals surface area contributed by atoms with Crippen LogP contribution in [-0.2, 0) is 4.74 Å². The highest BCUT2D eigenvalue weighted by molar-refractivity contribution is 5.71. The summed E-state index contributed by atoms with van der Waals surface area (Å²) in [5, 5.41) is 0. The molecule has 28 heavy (non-hydrogen) atoms. The monoisotopic (exact) mass is 374 g/mol. The number of aromatic nitrogens is 3. The van der Waals surface area contributed by atoms with Gasteiger partial charge in [-0.05, 0) is 36.6 Å². The van der Waals surface area contributed by atoms with E-state index in [1.807, 2.05) is 42.5 Å². The number of hydrogen-bond acceptors (Lipinski definition) is 6. The van der Waals surface area contributed by atoms with Gasteiger partial charge in [0.25, 0.3) is 0 Å². The van der Waals surface area contributed by atoms with E-state index < -0.39 is 0 Å². The van der Waals surface area contributed by atoms with Gasteiger partial charge >= 0.3 is 0 Å². The number of ether oxygens (including phenoxy) is 2. The van der Waals surface area contributed by atoms with Crippen LogP contribution in [0.5, 0.6) is 5.88 Å². The van der Waals surface area contributed by atoms with Gasteiger partial charge in [-0.3, -0.25) is 4.90 Å². The van der Waals surface area contributed by atoms with Crippen molar-refractivity contribution in [2.45, 2.75) is 6.42 Å². The quantitative estimate of drug-likeness (QED) is 0.505. The molecule has 0 aliphatic carbocycles. The Labute approximate surface area is 164 Å². The van der Waals surface area contributed by atoms with E-state index in [4.69, 9.17) is 9.47 Å². The van der Waals surface area contributed by atoms with Crippen molar-refractivity contribution in [3.8, 4) is 17.7 Å². The first-order valence-electron chi connectivity index (χ1n) is 9.51. The van der Waals surface area contributed by atoms with Gasteiger partial charge in [0.2, 0.25) is 5.88 Å². The molecular weight excluding hydrogens is 352 g/mol. The molecule has 0 N–H and O–H groups in total. The van der Waals surface area contributed by atoms with E-state index in [0.29, 0.717) is 29.3 Å². The van der Waals surface area contributed by atoms with E-state index in [-0.39, 0.29) is 0 Å². The zero-order chi connectivity index (χ0) is 19.0. The van der Waals surface area contributed by atoms with Crippen molar-refractivity contribution < 1.29 is 9.47 Å². The zero-order valence-electron chi connectivity index (χ0n) is 15.7. The summed E-state index contributed by atoms with van der Waals surface area (Å²) < 4.78 is 11.3. The summed E-state index contributed by atoms with van der Waals surface area (Å²) in [6, 6.07) is 13.5. The van der Waals surface area contributed by atoms with Crippen molar-refractivity contribution in [2.24, 2.45) is 0 Å². The van der Waals surface area contributed by atoms with Crippen LogP contribution in [0.2, 0.25) is 0 Å². The number of hydrogen-bond donors (Lipinski definition) is 0. The number of pyridine rings is 1. The molecule has 2 aromatic heterocycles. The molecule has 0 atom stereocenters. The van der Waals surface area contributed by atoms with Gasteiger partial charge in [0.1, 0.15) is 5.52 Å². The molecule has 6 heteroatoms. The van der Waals surface area contributed by atoms with Crippen molar-refractivity contribution in [2.75, 3.05) is 39.5 Å². The minimum Gasteiger partial charge on any atom is -0.476 e. The van der Waals surface area contributed by atoms with E-state index in [0.717, 1.165) is 44.8 Å². The molecule has 1 saturated heterocycles. The molecule has 0 unspecified atom stereocenters. The molecule has 0 spiro atoms. The Balaban J connectivity index is 1.49. The van der Waals surface area contributed by atoms with Crippen LogP contribution >= 0.6 is 0 Å². The SMILES string of the molecule is C(#Cc1nc2ncccc2nc1OCCCN1CCOCC1)c1ccccc1. The second-order valence-corrected chi connectivity index (χ2v) is 6.50. The molecule has 1 fully saturated rings. The number of fused-ring (bicyclic) bond motifs is 1. The maximum atomic E-state index is 5.96. The molecule has 1 aliphatic rings. The Kier molecular flexibility index (Phi) is 6.08. The summed E-state index contributed by atoms with van der Waals surface area (Å²) in [4.78, 5) is 15.8. The van der Waals surface area contributed by atoms with Crippen LogP contribution < -0.4 is 4.74 Å². The highest BCUT2D eigenvalue weighted by Gasteiger charge is 2.12. The second-order valence-electron chi connectivity index (χ2n) is 6.50. The summed E-state index contributed by atoms with van der Waals surface area (Å²) in [5.74, 6) is 6.69. The fourth-order valence-electron chi connectivity index (χ4n) is 2.99. The fraction of sp³-hybridized carbons (Fsp3) is 0.318. The zero-order valence-corrected chi connectivity index (χ0v) is 15.7. The number of benzene rings is 1. The molecule has 6 nitrogen and oxygen atoms in total. The number of rotatable bonds is 5. The Morgan fingerprint density at radius 1 is 1.00 bits per heavy atom. The minimum atomic E-state index is 0.464. The Bertz CT molecular complexity index is 976. The van der Waals surface area contributed by atoms with Crippen molar-refractivity contribution in [1.82, 2.24) is 19.9 Å². The lowest BCUT2D eigenvalue weighted by molar-refractivity contribution is 0.0357. The van der Waals surface area contributed by atoms with Gasteiger partial charge in [0, 0.05) is 31.4 Å². The van der Waals surface area contributed by atoms with E-state index in [1.165, 1.54) is 0 Å². The summed E-state index contributed by atoms with van der Waals surface area (Å²) >= 11 is 0. The lowest BCUT2D eigenvalue weighted by Gasteiger charge is -2.26. The van der Waals surface area contributed by atoms with Crippen LogP contribution in [0, 0.1) is 11.8 Å². The standard InChI is InChI=1S/C22H22N4O2/c1-2-6-18(7-3-1)9-10-20-22(25-19-8-4-11-23-21(19)24-20)28-15-5-12-26-13-16-27-17-14-26/h1-4,6-8,11H,5,12-17H2. The van der Waals surface area contributed by atoms with E-state index in [1.54, 1.807) is 6.20 Å². The molecule has 3 aromatic rings. The van der Waals surface area contributed by atoms with E-state index in [9.17, 15) is 0 Å². The largest absolute Gasteiger partial charge is 0.476 e. The van der Waals surface area contributed by atoms with Crippen LogP contribution in [0.4, 0.5) is 0 Å². The third-order valence-electron chi connectivity index (χ3n) is 4.47. The molecule has 1 aliphatic heterocycles. The van der Waals surface area contributed by atoms with Gasteiger partial charge in [-0.1, -0.05) is 24.1 Å². The maximum absolute atomic E-state index is 5.96. The van der Waals surface area contributed by atoms with Gasteiger partial charge in [0.15, 0.2) is 11.3 Å². The molecular formula is C22H22N4O2. The minimum absolute atomic E-state index is 0.464. The summed E-state index contributed by atoms with van der Waals surface area (Å²) in [7, 11) is 0. The molecule has 0 amide bonds. The van der Waals surface area contributed by atoms with E-state index in [2.05, 4.69) is 31.7 Å². The van der Waals surface area contributed by atoms with Gasteiger partial charge in [-0.15, -0.1) is 0 Å². The predicted molar refractivity (Wildman–Crippen MR) is 107 cm³/mol.